The maximum atomic E-state index is 11.9. The lowest BCUT2D eigenvalue weighted by atomic mass is 10.2. The van der Waals surface area contributed by atoms with Gasteiger partial charge in [-0.15, -0.1) is 0 Å². The molecule has 0 saturated heterocycles. The van der Waals surface area contributed by atoms with Crippen LogP contribution in [0.25, 0.3) is 0 Å². The molecule has 7 nitrogen and oxygen atoms in total. The van der Waals surface area contributed by atoms with E-state index in [-0.39, 0.29) is 12.7 Å². The second-order valence-electron chi connectivity index (χ2n) is 4.25. The van der Waals surface area contributed by atoms with Crippen LogP contribution in [0.3, 0.4) is 0 Å². The second kappa shape index (κ2) is 7.65. The molecule has 0 radical (unpaired) electrons. The molecule has 1 aliphatic heterocycles. The van der Waals surface area contributed by atoms with Crippen molar-refractivity contribution in [2.45, 2.75) is 6.42 Å². The Morgan fingerprint density at radius 1 is 1.33 bits per heavy atom. The number of thiocarbonyl (C=S) groups is 1. The number of fused-ring (bicyclic) bond motifs is 1. The van der Waals surface area contributed by atoms with E-state index in [9.17, 15) is 4.79 Å². The summed E-state index contributed by atoms with van der Waals surface area (Å²) < 4.78 is 15.3. The summed E-state index contributed by atoms with van der Waals surface area (Å²) in [5.74, 6) is 0.882. The van der Waals surface area contributed by atoms with Crippen molar-refractivity contribution in [3.05, 3.63) is 23.8 Å². The number of rotatable bonds is 5. The van der Waals surface area contributed by atoms with E-state index in [2.05, 4.69) is 16.2 Å². The van der Waals surface area contributed by atoms with Gasteiger partial charge in [-0.1, -0.05) is 0 Å². The Morgan fingerprint density at radius 3 is 2.95 bits per heavy atom. The van der Waals surface area contributed by atoms with E-state index in [1.165, 1.54) is 0 Å². The Balaban J connectivity index is 1.75. The Labute approximate surface area is 127 Å². The van der Waals surface area contributed by atoms with Crippen LogP contribution in [0.2, 0.25) is 0 Å². The molecule has 114 valence electrons. The highest BCUT2D eigenvalue weighted by atomic mass is 32.1. The summed E-state index contributed by atoms with van der Waals surface area (Å²) in [7, 11) is 1.64. The number of carbonyl (C=O) groups is 1. The molecule has 1 heterocycles. The van der Waals surface area contributed by atoms with Crippen LogP contribution in [0.1, 0.15) is 16.8 Å². The molecule has 2 rings (SSSR count). The monoisotopic (exact) mass is 311 g/mol. The van der Waals surface area contributed by atoms with Gasteiger partial charge in [0.25, 0.3) is 5.91 Å². The molecule has 0 aliphatic carbocycles. The minimum Gasteiger partial charge on any atom is -0.454 e. The molecule has 21 heavy (non-hydrogen) atoms. The van der Waals surface area contributed by atoms with Crippen molar-refractivity contribution in [3.63, 3.8) is 0 Å². The van der Waals surface area contributed by atoms with Gasteiger partial charge in [-0.05, 0) is 36.8 Å². The molecule has 1 aromatic carbocycles. The van der Waals surface area contributed by atoms with E-state index in [0.29, 0.717) is 35.3 Å². The summed E-state index contributed by atoms with van der Waals surface area (Å²) in [6.07, 6.45) is 0.828. The molecule has 1 amide bonds. The molecule has 1 aromatic rings. The Morgan fingerprint density at radius 2 is 2.14 bits per heavy atom. The van der Waals surface area contributed by atoms with Gasteiger partial charge in [0.05, 0.1) is 0 Å². The lowest BCUT2D eigenvalue weighted by Crippen LogP contribution is -2.47. The van der Waals surface area contributed by atoms with E-state index in [1.807, 2.05) is 0 Å². The quantitative estimate of drug-likeness (QED) is 0.416. The maximum Gasteiger partial charge on any atom is 0.269 e. The highest BCUT2D eigenvalue weighted by Gasteiger charge is 2.16. The molecule has 0 spiro atoms. The number of hydrogen-bond acceptors (Lipinski definition) is 5. The zero-order chi connectivity index (χ0) is 15.1. The van der Waals surface area contributed by atoms with Gasteiger partial charge in [0.15, 0.2) is 16.6 Å². The van der Waals surface area contributed by atoms with Crippen molar-refractivity contribution in [3.8, 4) is 11.5 Å². The average Bonchev–Trinajstić information content (AvgIpc) is 2.96. The number of hydrogen-bond donors (Lipinski definition) is 3. The fourth-order valence-electron chi connectivity index (χ4n) is 1.69. The molecule has 0 saturated carbocycles. The third-order valence-corrected chi connectivity index (χ3v) is 2.98. The summed E-state index contributed by atoms with van der Waals surface area (Å²) in [4.78, 5) is 11.9. The third kappa shape index (κ3) is 4.47. The molecule has 0 bridgehead atoms. The first-order valence-electron chi connectivity index (χ1n) is 6.43. The van der Waals surface area contributed by atoms with Gasteiger partial charge in [-0.2, -0.15) is 0 Å². The SMILES string of the molecule is COCCCNC(=S)NNC(=O)c1ccc2c(c1)OCO2. The Bertz CT molecular complexity index is 524. The van der Waals surface area contributed by atoms with Crippen molar-refractivity contribution in [2.75, 3.05) is 27.1 Å². The summed E-state index contributed by atoms with van der Waals surface area (Å²) in [6, 6.07) is 4.96. The molecular formula is C13H17N3O4S. The van der Waals surface area contributed by atoms with Crippen molar-refractivity contribution in [1.29, 1.82) is 0 Å². The van der Waals surface area contributed by atoms with Crippen LogP contribution in [0.4, 0.5) is 0 Å². The fraction of sp³-hybridized carbons (Fsp3) is 0.385. The first kappa shape index (κ1) is 15.3. The standard InChI is InChI=1S/C13H17N3O4S/c1-18-6-2-5-14-13(21)16-15-12(17)9-3-4-10-11(7-9)20-8-19-10/h3-4,7H,2,5-6,8H2,1H3,(H,15,17)(H2,14,16,21). The third-order valence-electron chi connectivity index (χ3n) is 2.74. The first-order valence-corrected chi connectivity index (χ1v) is 6.84. The van der Waals surface area contributed by atoms with E-state index in [1.54, 1.807) is 25.3 Å². The van der Waals surface area contributed by atoms with E-state index in [0.717, 1.165) is 6.42 Å². The van der Waals surface area contributed by atoms with Crippen molar-refractivity contribution in [2.24, 2.45) is 0 Å². The van der Waals surface area contributed by atoms with Gasteiger partial charge in [0, 0.05) is 25.8 Å². The van der Waals surface area contributed by atoms with Gasteiger partial charge in [0.1, 0.15) is 0 Å². The zero-order valence-corrected chi connectivity index (χ0v) is 12.4. The average molecular weight is 311 g/mol. The van der Waals surface area contributed by atoms with E-state index in [4.69, 9.17) is 26.4 Å². The normalized spacial score (nSPS) is 11.9. The van der Waals surface area contributed by atoms with E-state index < -0.39 is 0 Å². The van der Waals surface area contributed by atoms with Gasteiger partial charge in [-0.3, -0.25) is 15.6 Å². The molecule has 0 aromatic heterocycles. The highest BCUT2D eigenvalue weighted by Crippen LogP contribution is 2.32. The number of ether oxygens (including phenoxy) is 3. The van der Waals surface area contributed by atoms with E-state index >= 15 is 0 Å². The van der Waals surface area contributed by atoms with Crippen LogP contribution >= 0.6 is 12.2 Å². The van der Waals surface area contributed by atoms with Gasteiger partial charge in [-0.25, -0.2) is 0 Å². The predicted octanol–water partition coefficient (Wildman–Crippen LogP) is 0.561. The molecule has 0 fully saturated rings. The summed E-state index contributed by atoms with van der Waals surface area (Å²) >= 11 is 5.03. The van der Waals surface area contributed by atoms with Crippen LogP contribution in [0.15, 0.2) is 18.2 Å². The zero-order valence-electron chi connectivity index (χ0n) is 11.6. The van der Waals surface area contributed by atoms with Crippen LogP contribution in [-0.2, 0) is 4.74 Å². The molecule has 0 unspecified atom stereocenters. The van der Waals surface area contributed by atoms with Crippen LogP contribution in [0.5, 0.6) is 11.5 Å². The van der Waals surface area contributed by atoms with Crippen LogP contribution in [-0.4, -0.2) is 38.1 Å². The number of carbonyl (C=O) groups excluding carboxylic acids is 1. The molecule has 1 aliphatic rings. The largest absolute Gasteiger partial charge is 0.454 e. The molecule has 0 atom stereocenters. The highest BCUT2D eigenvalue weighted by molar-refractivity contribution is 7.80. The van der Waals surface area contributed by atoms with Gasteiger partial charge < -0.3 is 19.5 Å². The van der Waals surface area contributed by atoms with Crippen molar-refractivity contribution >= 4 is 23.2 Å². The minimum absolute atomic E-state index is 0.175. The number of hydrazine groups is 1. The summed E-state index contributed by atoms with van der Waals surface area (Å²) in [5, 5.41) is 3.29. The number of nitrogens with one attached hydrogen (secondary N) is 3. The fourth-order valence-corrected chi connectivity index (χ4v) is 1.84. The summed E-state index contributed by atoms with van der Waals surface area (Å²) in [5.41, 5.74) is 5.60. The number of benzene rings is 1. The van der Waals surface area contributed by atoms with Gasteiger partial charge in [0.2, 0.25) is 6.79 Å². The second-order valence-corrected chi connectivity index (χ2v) is 4.66. The lowest BCUT2D eigenvalue weighted by Gasteiger charge is -2.11. The minimum atomic E-state index is -0.311. The Kier molecular flexibility index (Phi) is 5.59. The lowest BCUT2D eigenvalue weighted by molar-refractivity contribution is 0.0943. The first-order chi connectivity index (χ1) is 10.2. The molecular weight excluding hydrogens is 294 g/mol. The van der Waals surface area contributed by atoms with Crippen molar-refractivity contribution in [1.82, 2.24) is 16.2 Å². The molecule has 3 N–H and O–H groups in total. The number of methoxy groups -OCH3 is 1. The topological polar surface area (TPSA) is 80.9 Å². The van der Waals surface area contributed by atoms with Crippen LogP contribution < -0.4 is 25.6 Å². The smallest absolute Gasteiger partial charge is 0.269 e. The maximum absolute atomic E-state index is 11.9. The predicted molar refractivity (Wildman–Crippen MR) is 80.3 cm³/mol. The summed E-state index contributed by atoms with van der Waals surface area (Å²) in [6.45, 7) is 1.49. The van der Waals surface area contributed by atoms with Crippen LogP contribution in [0, 0.1) is 0 Å². The molecule has 8 heteroatoms. The van der Waals surface area contributed by atoms with Gasteiger partial charge >= 0.3 is 0 Å². The van der Waals surface area contributed by atoms with Crippen molar-refractivity contribution < 1.29 is 19.0 Å². The Hall–Kier alpha value is -2.06. The number of amides is 1.